The van der Waals surface area contributed by atoms with Crippen molar-refractivity contribution in [3.05, 3.63) is 66.1 Å². The Morgan fingerprint density at radius 2 is 1.46 bits per heavy atom. The molecule has 0 radical (unpaired) electrons. The fourth-order valence-corrected chi connectivity index (χ4v) is 3.05. The first-order chi connectivity index (χ1) is 13.6. The van der Waals surface area contributed by atoms with Crippen LogP contribution in [-0.2, 0) is 0 Å². The van der Waals surface area contributed by atoms with E-state index in [-0.39, 0.29) is 17.3 Å². The topological polar surface area (TPSA) is 57.2 Å². The molecular formula is C19H17F3N6. The number of rotatable bonds is 4. The van der Waals surface area contributed by atoms with Crippen molar-refractivity contribution in [3.63, 3.8) is 0 Å². The van der Waals surface area contributed by atoms with Crippen LogP contribution in [0.1, 0.15) is 0 Å². The van der Waals surface area contributed by atoms with Gasteiger partial charge in [0.2, 0.25) is 5.95 Å². The lowest BCUT2D eigenvalue weighted by atomic mass is 10.2. The van der Waals surface area contributed by atoms with E-state index < -0.39 is 11.6 Å². The molecule has 2 aromatic carbocycles. The number of benzene rings is 2. The molecule has 1 aliphatic heterocycles. The minimum Gasteiger partial charge on any atom is -0.368 e. The van der Waals surface area contributed by atoms with Crippen LogP contribution in [0.4, 0.5) is 36.3 Å². The SMILES string of the molecule is Fc1ccc(N2CCN(c3nncc(Nc4c(F)cccc4F)n3)CC2)cc1. The highest BCUT2D eigenvalue weighted by Gasteiger charge is 2.20. The first kappa shape index (κ1) is 18.0. The van der Waals surface area contributed by atoms with E-state index >= 15 is 0 Å². The zero-order chi connectivity index (χ0) is 19.5. The molecule has 0 aliphatic carbocycles. The van der Waals surface area contributed by atoms with Gasteiger partial charge in [-0.2, -0.15) is 10.1 Å². The van der Waals surface area contributed by atoms with Gasteiger partial charge in [0.05, 0.1) is 6.20 Å². The molecule has 0 unspecified atom stereocenters. The van der Waals surface area contributed by atoms with Crippen LogP contribution in [-0.4, -0.2) is 41.4 Å². The normalized spacial score (nSPS) is 14.2. The Balaban J connectivity index is 1.44. The number of anilines is 4. The highest BCUT2D eigenvalue weighted by atomic mass is 19.1. The van der Waals surface area contributed by atoms with Gasteiger partial charge < -0.3 is 15.1 Å². The Morgan fingerprint density at radius 1 is 0.821 bits per heavy atom. The number of piperazine rings is 1. The van der Waals surface area contributed by atoms with Gasteiger partial charge in [0.25, 0.3) is 0 Å². The summed E-state index contributed by atoms with van der Waals surface area (Å²) in [5.74, 6) is -1.12. The molecule has 4 rings (SSSR count). The van der Waals surface area contributed by atoms with Crippen LogP contribution in [0, 0.1) is 17.5 Å². The van der Waals surface area contributed by atoms with E-state index in [0.717, 1.165) is 17.8 Å². The third kappa shape index (κ3) is 3.83. The van der Waals surface area contributed by atoms with Crippen molar-refractivity contribution in [2.75, 3.05) is 41.3 Å². The maximum Gasteiger partial charge on any atom is 0.247 e. The molecule has 1 fully saturated rings. The number of hydrogen-bond donors (Lipinski definition) is 1. The molecule has 2 heterocycles. The molecule has 1 aromatic heterocycles. The lowest BCUT2D eigenvalue weighted by Gasteiger charge is -2.35. The predicted molar refractivity (Wildman–Crippen MR) is 100 cm³/mol. The molecule has 0 spiro atoms. The highest BCUT2D eigenvalue weighted by Crippen LogP contribution is 2.23. The molecule has 0 saturated carbocycles. The number of aromatic nitrogens is 3. The maximum absolute atomic E-state index is 13.8. The monoisotopic (exact) mass is 386 g/mol. The van der Waals surface area contributed by atoms with Gasteiger partial charge in [-0.15, -0.1) is 5.10 Å². The summed E-state index contributed by atoms with van der Waals surface area (Å²) in [6.07, 6.45) is 1.31. The lowest BCUT2D eigenvalue weighted by molar-refractivity contribution is 0.590. The van der Waals surface area contributed by atoms with Crippen molar-refractivity contribution in [2.24, 2.45) is 0 Å². The summed E-state index contributed by atoms with van der Waals surface area (Å²) < 4.78 is 40.7. The Bertz CT molecular complexity index is 938. The number of nitrogens with zero attached hydrogens (tertiary/aromatic N) is 5. The summed E-state index contributed by atoms with van der Waals surface area (Å²) in [4.78, 5) is 8.40. The Kier molecular flexibility index (Phi) is 4.96. The van der Waals surface area contributed by atoms with E-state index in [9.17, 15) is 13.2 Å². The van der Waals surface area contributed by atoms with Gasteiger partial charge in [-0.25, -0.2) is 13.2 Å². The summed E-state index contributed by atoms with van der Waals surface area (Å²) in [5, 5.41) is 10.5. The summed E-state index contributed by atoms with van der Waals surface area (Å²) in [6.45, 7) is 2.68. The summed E-state index contributed by atoms with van der Waals surface area (Å²) >= 11 is 0. The second-order valence-electron chi connectivity index (χ2n) is 6.31. The second kappa shape index (κ2) is 7.71. The standard InChI is InChI=1S/C19H17F3N6/c20-13-4-6-14(7-5-13)27-8-10-28(11-9-27)19-25-17(12-23-26-19)24-18-15(21)2-1-3-16(18)22/h1-7,12H,8-11H2,(H,24,25,26). The van der Waals surface area contributed by atoms with Gasteiger partial charge in [0.15, 0.2) is 5.82 Å². The van der Waals surface area contributed by atoms with Gasteiger partial charge >= 0.3 is 0 Å². The summed E-state index contributed by atoms with van der Waals surface area (Å²) in [7, 11) is 0. The Morgan fingerprint density at radius 3 is 2.14 bits per heavy atom. The predicted octanol–water partition coefficient (Wildman–Crippen LogP) is 3.36. The number of para-hydroxylation sites is 1. The first-order valence-corrected chi connectivity index (χ1v) is 8.76. The van der Waals surface area contributed by atoms with Gasteiger partial charge in [0, 0.05) is 31.9 Å². The molecule has 9 heteroatoms. The Labute approximate surface area is 159 Å². The van der Waals surface area contributed by atoms with Crippen LogP contribution in [0.2, 0.25) is 0 Å². The minimum atomic E-state index is -0.715. The molecule has 28 heavy (non-hydrogen) atoms. The smallest absolute Gasteiger partial charge is 0.247 e. The van der Waals surface area contributed by atoms with Crippen LogP contribution in [0.3, 0.4) is 0 Å². The highest BCUT2D eigenvalue weighted by molar-refractivity contribution is 5.58. The van der Waals surface area contributed by atoms with E-state index in [0.29, 0.717) is 32.1 Å². The van der Waals surface area contributed by atoms with E-state index in [4.69, 9.17) is 0 Å². The zero-order valence-corrected chi connectivity index (χ0v) is 14.8. The molecular weight excluding hydrogens is 369 g/mol. The van der Waals surface area contributed by atoms with E-state index in [1.807, 2.05) is 4.90 Å². The average Bonchev–Trinajstić information content (AvgIpc) is 2.72. The van der Waals surface area contributed by atoms with Crippen LogP contribution in [0.25, 0.3) is 0 Å². The molecule has 1 saturated heterocycles. The molecule has 3 aromatic rings. The average molecular weight is 386 g/mol. The van der Waals surface area contributed by atoms with Crippen molar-refractivity contribution in [3.8, 4) is 0 Å². The van der Waals surface area contributed by atoms with E-state index in [2.05, 4.69) is 25.4 Å². The van der Waals surface area contributed by atoms with Crippen molar-refractivity contribution < 1.29 is 13.2 Å². The molecule has 1 N–H and O–H groups in total. The molecule has 1 aliphatic rings. The summed E-state index contributed by atoms with van der Waals surface area (Å²) in [5.41, 5.74) is 0.667. The van der Waals surface area contributed by atoms with E-state index in [1.165, 1.54) is 24.4 Å². The second-order valence-corrected chi connectivity index (χ2v) is 6.31. The number of nitrogens with one attached hydrogen (secondary N) is 1. The molecule has 0 atom stereocenters. The Hall–Kier alpha value is -3.36. The fourth-order valence-electron chi connectivity index (χ4n) is 3.05. The molecule has 144 valence electrons. The van der Waals surface area contributed by atoms with Gasteiger partial charge in [-0.05, 0) is 36.4 Å². The third-order valence-electron chi connectivity index (χ3n) is 4.52. The van der Waals surface area contributed by atoms with Gasteiger partial charge in [-0.3, -0.25) is 0 Å². The van der Waals surface area contributed by atoms with Crippen LogP contribution in [0.15, 0.2) is 48.7 Å². The molecule has 0 amide bonds. The van der Waals surface area contributed by atoms with Crippen molar-refractivity contribution >= 4 is 23.1 Å². The van der Waals surface area contributed by atoms with Crippen LogP contribution < -0.4 is 15.1 Å². The minimum absolute atomic E-state index is 0.204. The van der Waals surface area contributed by atoms with Crippen LogP contribution >= 0.6 is 0 Å². The van der Waals surface area contributed by atoms with Crippen molar-refractivity contribution in [1.82, 2.24) is 15.2 Å². The van der Waals surface area contributed by atoms with Crippen molar-refractivity contribution in [2.45, 2.75) is 0 Å². The maximum atomic E-state index is 13.8. The molecule has 6 nitrogen and oxygen atoms in total. The fraction of sp³-hybridized carbons (Fsp3) is 0.211. The van der Waals surface area contributed by atoms with E-state index in [1.54, 1.807) is 12.1 Å². The van der Waals surface area contributed by atoms with Crippen molar-refractivity contribution in [1.29, 1.82) is 0 Å². The first-order valence-electron chi connectivity index (χ1n) is 8.76. The summed E-state index contributed by atoms with van der Waals surface area (Å²) in [6, 6.07) is 9.98. The zero-order valence-electron chi connectivity index (χ0n) is 14.8. The largest absolute Gasteiger partial charge is 0.368 e. The quantitative estimate of drug-likeness (QED) is 0.742. The molecule has 0 bridgehead atoms. The van der Waals surface area contributed by atoms with Crippen LogP contribution in [0.5, 0.6) is 0 Å². The number of halogens is 3. The lowest BCUT2D eigenvalue weighted by Crippen LogP contribution is -2.47. The van der Waals surface area contributed by atoms with Gasteiger partial charge in [-0.1, -0.05) is 6.07 Å². The third-order valence-corrected chi connectivity index (χ3v) is 4.52. The number of hydrogen-bond acceptors (Lipinski definition) is 6. The van der Waals surface area contributed by atoms with Gasteiger partial charge in [0.1, 0.15) is 23.1 Å².